The molecule has 2 nitrogen and oxygen atoms in total. The van der Waals surface area contributed by atoms with Crippen LogP contribution in [0.4, 0.5) is 0 Å². The monoisotopic (exact) mass is 228 g/mol. The van der Waals surface area contributed by atoms with Gasteiger partial charge < -0.3 is 4.74 Å². The highest BCUT2D eigenvalue weighted by atomic mass is 16.5. The number of hydrogen-bond donors (Lipinski definition) is 0. The summed E-state index contributed by atoms with van der Waals surface area (Å²) in [5, 5.41) is 0. The number of rotatable bonds is 9. The third kappa shape index (κ3) is 8.75. The minimum Gasteiger partial charge on any atom is -0.465 e. The topological polar surface area (TPSA) is 26.3 Å². The van der Waals surface area contributed by atoms with Crippen LogP contribution in [0.1, 0.15) is 66.2 Å². The first-order chi connectivity index (χ1) is 7.57. The van der Waals surface area contributed by atoms with E-state index in [-0.39, 0.29) is 11.9 Å². The molecule has 0 aliphatic carbocycles. The smallest absolute Gasteiger partial charge is 0.308 e. The Morgan fingerprint density at radius 3 is 2.31 bits per heavy atom. The van der Waals surface area contributed by atoms with E-state index in [1.807, 2.05) is 6.92 Å². The van der Waals surface area contributed by atoms with Crippen molar-refractivity contribution in [3.05, 3.63) is 0 Å². The SMILES string of the molecule is CCCCC(C)C(=O)OCCCCC(C)C. The largest absolute Gasteiger partial charge is 0.465 e. The first-order valence-corrected chi connectivity index (χ1v) is 6.74. The van der Waals surface area contributed by atoms with Crippen LogP contribution >= 0.6 is 0 Å². The summed E-state index contributed by atoms with van der Waals surface area (Å²) in [7, 11) is 0. The van der Waals surface area contributed by atoms with E-state index in [0.717, 1.165) is 38.0 Å². The molecule has 0 fully saturated rings. The van der Waals surface area contributed by atoms with Gasteiger partial charge in [-0.15, -0.1) is 0 Å². The fraction of sp³-hybridized carbons (Fsp3) is 0.929. The van der Waals surface area contributed by atoms with Crippen LogP contribution in [0.3, 0.4) is 0 Å². The van der Waals surface area contributed by atoms with Gasteiger partial charge in [-0.05, 0) is 25.2 Å². The van der Waals surface area contributed by atoms with Gasteiger partial charge in [-0.1, -0.05) is 47.0 Å². The lowest BCUT2D eigenvalue weighted by Gasteiger charge is -2.11. The Kier molecular flexibility index (Phi) is 9.36. The van der Waals surface area contributed by atoms with Crippen LogP contribution in [0, 0.1) is 11.8 Å². The van der Waals surface area contributed by atoms with E-state index >= 15 is 0 Å². The predicted octanol–water partition coefficient (Wildman–Crippen LogP) is 4.18. The molecule has 0 aromatic rings. The number of hydrogen-bond acceptors (Lipinski definition) is 2. The first-order valence-electron chi connectivity index (χ1n) is 6.74. The molecule has 96 valence electrons. The molecule has 1 atom stereocenters. The zero-order chi connectivity index (χ0) is 12.4. The van der Waals surface area contributed by atoms with Crippen LogP contribution in [0.2, 0.25) is 0 Å². The molecule has 0 spiro atoms. The Labute approximate surface area is 101 Å². The summed E-state index contributed by atoms with van der Waals surface area (Å²) < 4.78 is 5.24. The molecule has 2 heteroatoms. The van der Waals surface area contributed by atoms with Crippen LogP contribution in [0.5, 0.6) is 0 Å². The molecule has 0 heterocycles. The molecule has 0 rings (SSSR count). The molecule has 0 amide bonds. The summed E-state index contributed by atoms with van der Waals surface area (Å²) in [4.78, 5) is 11.5. The van der Waals surface area contributed by atoms with Crippen molar-refractivity contribution in [1.82, 2.24) is 0 Å². The van der Waals surface area contributed by atoms with E-state index in [0.29, 0.717) is 6.61 Å². The Morgan fingerprint density at radius 1 is 1.06 bits per heavy atom. The molecule has 0 N–H and O–H groups in total. The third-order valence-corrected chi connectivity index (χ3v) is 2.81. The van der Waals surface area contributed by atoms with Crippen molar-refractivity contribution in [3.8, 4) is 0 Å². The lowest BCUT2D eigenvalue weighted by atomic mass is 10.0. The lowest BCUT2D eigenvalue weighted by molar-refractivity contribution is -0.148. The van der Waals surface area contributed by atoms with Crippen molar-refractivity contribution < 1.29 is 9.53 Å². The van der Waals surface area contributed by atoms with E-state index in [1.165, 1.54) is 6.42 Å². The van der Waals surface area contributed by atoms with Crippen LogP contribution in [0.15, 0.2) is 0 Å². The van der Waals surface area contributed by atoms with Crippen molar-refractivity contribution in [2.75, 3.05) is 6.61 Å². The van der Waals surface area contributed by atoms with Crippen molar-refractivity contribution in [1.29, 1.82) is 0 Å². The minimum absolute atomic E-state index is 0.0157. The standard InChI is InChI=1S/C14H28O2/c1-5-6-10-13(4)14(15)16-11-8-7-9-12(2)3/h12-13H,5-11H2,1-4H3. The summed E-state index contributed by atoms with van der Waals surface area (Å²) in [6, 6.07) is 0. The minimum atomic E-state index is -0.0157. The highest BCUT2D eigenvalue weighted by molar-refractivity contribution is 5.71. The summed E-state index contributed by atoms with van der Waals surface area (Å²) in [5.41, 5.74) is 0. The van der Waals surface area contributed by atoms with Crippen molar-refractivity contribution in [2.24, 2.45) is 11.8 Å². The van der Waals surface area contributed by atoms with Crippen LogP contribution in [-0.2, 0) is 9.53 Å². The van der Waals surface area contributed by atoms with Crippen LogP contribution in [0.25, 0.3) is 0 Å². The summed E-state index contributed by atoms with van der Waals surface area (Å²) in [6.07, 6.45) is 6.61. The first kappa shape index (κ1) is 15.5. The molecule has 0 aromatic carbocycles. The van der Waals surface area contributed by atoms with Gasteiger partial charge in [0.05, 0.1) is 12.5 Å². The second kappa shape index (κ2) is 9.68. The van der Waals surface area contributed by atoms with E-state index in [4.69, 9.17) is 4.74 Å². The van der Waals surface area contributed by atoms with Gasteiger partial charge in [0.2, 0.25) is 0 Å². The van der Waals surface area contributed by atoms with Gasteiger partial charge in [0.1, 0.15) is 0 Å². The average Bonchev–Trinajstić information content (AvgIpc) is 2.24. The Balaban J connectivity index is 3.42. The van der Waals surface area contributed by atoms with Crippen molar-refractivity contribution in [2.45, 2.75) is 66.2 Å². The van der Waals surface area contributed by atoms with E-state index < -0.39 is 0 Å². The fourth-order valence-corrected chi connectivity index (χ4v) is 1.60. The second-order valence-corrected chi connectivity index (χ2v) is 5.10. The molecule has 0 aliphatic rings. The summed E-state index contributed by atoms with van der Waals surface area (Å²) in [5.74, 6) is 0.808. The van der Waals surface area contributed by atoms with Gasteiger partial charge in [-0.3, -0.25) is 4.79 Å². The van der Waals surface area contributed by atoms with Gasteiger partial charge in [0.25, 0.3) is 0 Å². The lowest BCUT2D eigenvalue weighted by Crippen LogP contribution is -2.15. The molecule has 0 saturated heterocycles. The van der Waals surface area contributed by atoms with Gasteiger partial charge in [-0.2, -0.15) is 0 Å². The highest BCUT2D eigenvalue weighted by Crippen LogP contribution is 2.11. The molecular weight excluding hydrogens is 200 g/mol. The predicted molar refractivity (Wildman–Crippen MR) is 68.3 cm³/mol. The van der Waals surface area contributed by atoms with Crippen LogP contribution in [-0.4, -0.2) is 12.6 Å². The maximum absolute atomic E-state index is 11.5. The number of ether oxygens (including phenoxy) is 1. The summed E-state index contributed by atoms with van der Waals surface area (Å²) in [6.45, 7) is 9.15. The molecule has 0 aromatic heterocycles. The van der Waals surface area contributed by atoms with Gasteiger partial charge in [0, 0.05) is 0 Å². The molecule has 16 heavy (non-hydrogen) atoms. The number of unbranched alkanes of at least 4 members (excludes halogenated alkanes) is 2. The van der Waals surface area contributed by atoms with Crippen molar-refractivity contribution >= 4 is 5.97 Å². The molecule has 1 unspecified atom stereocenters. The van der Waals surface area contributed by atoms with E-state index in [9.17, 15) is 4.79 Å². The average molecular weight is 228 g/mol. The highest BCUT2D eigenvalue weighted by Gasteiger charge is 2.13. The Morgan fingerprint density at radius 2 is 1.75 bits per heavy atom. The molecular formula is C14H28O2. The maximum atomic E-state index is 11.5. The summed E-state index contributed by atoms with van der Waals surface area (Å²) >= 11 is 0. The molecule has 0 bridgehead atoms. The quantitative estimate of drug-likeness (QED) is 0.437. The number of carbonyl (C=O) groups is 1. The third-order valence-electron chi connectivity index (χ3n) is 2.81. The Bertz CT molecular complexity index is 176. The number of carbonyl (C=O) groups excluding carboxylic acids is 1. The van der Waals surface area contributed by atoms with Gasteiger partial charge in [-0.25, -0.2) is 0 Å². The van der Waals surface area contributed by atoms with E-state index in [2.05, 4.69) is 20.8 Å². The van der Waals surface area contributed by atoms with Crippen molar-refractivity contribution in [3.63, 3.8) is 0 Å². The Hall–Kier alpha value is -0.530. The molecule has 0 radical (unpaired) electrons. The maximum Gasteiger partial charge on any atom is 0.308 e. The normalized spacial score (nSPS) is 12.8. The molecule has 0 saturated carbocycles. The zero-order valence-corrected chi connectivity index (χ0v) is 11.4. The molecule has 0 aliphatic heterocycles. The van der Waals surface area contributed by atoms with Crippen LogP contribution < -0.4 is 0 Å². The second-order valence-electron chi connectivity index (χ2n) is 5.10. The van der Waals surface area contributed by atoms with Gasteiger partial charge in [0.15, 0.2) is 0 Å². The fourth-order valence-electron chi connectivity index (χ4n) is 1.60. The zero-order valence-electron chi connectivity index (χ0n) is 11.4. The number of esters is 1. The van der Waals surface area contributed by atoms with Gasteiger partial charge >= 0.3 is 5.97 Å². The van der Waals surface area contributed by atoms with E-state index in [1.54, 1.807) is 0 Å².